The lowest BCUT2D eigenvalue weighted by Crippen LogP contribution is -2.10. The average Bonchev–Trinajstić information content (AvgIpc) is 3.98. The standard InChI is InChI=1S/C63H46N4O2/c1-63(2,3)46-32-30-40(31-33-46)44-34-35-64-54(38-44)52-37-45(36-50-51-39-53(42-20-9-5-10-21-42)65-58(61(51)69-60(50)52)43-22-11-6-12-23-43)48-26-17-28-56-59(48)66-62(49-25-14-16-29-57(49)68)67(56)55-27-15-13-24-47(55)41-18-7-4-8-19-41/h4-39,68H,1-3H3. The fourth-order valence-corrected chi connectivity index (χ4v) is 9.64. The van der Waals surface area contributed by atoms with E-state index in [0.717, 1.165) is 100 Å². The van der Waals surface area contributed by atoms with Gasteiger partial charge in [0.15, 0.2) is 5.58 Å². The molecule has 0 atom stereocenters. The maximum Gasteiger partial charge on any atom is 0.161 e. The van der Waals surface area contributed by atoms with Crippen LogP contribution in [0.2, 0.25) is 0 Å². The van der Waals surface area contributed by atoms with Gasteiger partial charge < -0.3 is 9.52 Å². The van der Waals surface area contributed by atoms with Crippen LogP contribution in [-0.2, 0) is 5.41 Å². The molecule has 1 N–H and O–H groups in total. The van der Waals surface area contributed by atoms with Gasteiger partial charge in [0.05, 0.1) is 33.7 Å². The van der Waals surface area contributed by atoms with E-state index in [1.165, 1.54) is 5.56 Å². The van der Waals surface area contributed by atoms with Crippen molar-refractivity contribution in [2.75, 3.05) is 0 Å². The highest BCUT2D eigenvalue weighted by Crippen LogP contribution is 2.46. The summed E-state index contributed by atoms with van der Waals surface area (Å²) in [5.74, 6) is 0.782. The molecule has 330 valence electrons. The SMILES string of the molecule is CC(C)(C)c1ccc(-c2ccnc(-c3cc(-c4cccc5c4nc(-c4ccccc4O)n5-c4ccccc4-c4ccccc4)cc4c3oc3c(-c5ccccc5)nc(-c5ccccc5)cc34)c2)cc1. The number of phenols is 1. The Balaban J connectivity index is 1.15. The first-order chi connectivity index (χ1) is 33.8. The molecule has 0 amide bonds. The lowest BCUT2D eigenvalue weighted by Gasteiger charge is -2.19. The van der Waals surface area contributed by atoms with Crippen molar-refractivity contribution < 1.29 is 9.52 Å². The van der Waals surface area contributed by atoms with Gasteiger partial charge in [-0.25, -0.2) is 9.97 Å². The quantitative estimate of drug-likeness (QED) is 0.164. The van der Waals surface area contributed by atoms with Crippen LogP contribution < -0.4 is 0 Å². The van der Waals surface area contributed by atoms with Crippen LogP contribution in [0.25, 0.3) is 117 Å². The molecule has 0 aliphatic rings. The van der Waals surface area contributed by atoms with Crippen LogP contribution in [0.15, 0.2) is 223 Å². The number of benzene rings is 8. The Kier molecular flexibility index (Phi) is 10.1. The third kappa shape index (κ3) is 7.43. The first kappa shape index (κ1) is 41.6. The number of phenolic OH excluding ortho intramolecular Hbond substituents is 1. The van der Waals surface area contributed by atoms with Gasteiger partial charge in [0, 0.05) is 44.8 Å². The molecule has 0 radical (unpaired) electrons. The maximum absolute atomic E-state index is 11.5. The highest BCUT2D eigenvalue weighted by Gasteiger charge is 2.25. The Hall–Kier alpha value is -8.87. The minimum atomic E-state index is 0.0370. The Morgan fingerprint density at radius 2 is 1.09 bits per heavy atom. The lowest BCUT2D eigenvalue weighted by atomic mass is 9.86. The van der Waals surface area contributed by atoms with E-state index in [2.05, 4.69) is 171 Å². The monoisotopic (exact) mass is 890 g/mol. The molecule has 69 heavy (non-hydrogen) atoms. The summed E-state index contributed by atoms with van der Waals surface area (Å²) < 4.78 is 9.33. The zero-order valence-electron chi connectivity index (χ0n) is 38.4. The average molecular weight is 891 g/mol. The van der Waals surface area contributed by atoms with Crippen LogP contribution in [0.3, 0.4) is 0 Å². The first-order valence-electron chi connectivity index (χ1n) is 23.3. The van der Waals surface area contributed by atoms with E-state index in [1.54, 1.807) is 6.07 Å². The van der Waals surface area contributed by atoms with Crippen molar-refractivity contribution >= 4 is 33.0 Å². The van der Waals surface area contributed by atoms with Crippen molar-refractivity contribution in [3.05, 3.63) is 224 Å². The second-order valence-corrected chi connectivity index (χ2v) is 18.6. The van der Waals surface area contributed by atoms with E-state index in [0.29, 0.717) is 17.0 Å². The number of hydrogen-bond acceptors (Lipinski definition) is 5. The van der Waals surface area contributed by atoms with Gasteiger partial charge in [0.2, 0.25) is 0 Å². The molecule has 0 saturated carbocycles. The van der Waals surface area contributed by atoms with Gasteiger partial charge >= 0.3 is 0 Å². The molecule has 12 rings (SSSR count). The molecule has 12 aromatic rings. The molecule has 0 saturated heterocycles. The molecular formula is C63H46N4O2. The van der Waals surface area contributed by atoms with E-state index in [4.69, 9.17) is 19.4 Å². The number of aromatic nitrogens is 4. The van der Waals surface area contributed by atoms with E-state index < -0.39 is 0 Å². The second kappa shape index (κ2) is 16.8. The van der Waals surface area contributed by atoms with Gasteiger partial charge in [-0.2, -0.15) is 0 Å². The fourth-order valence-electron chi connectivity index (χ4n) is 9.64. The predicted octanol–water partition coefficient (Wildman–Crippen LogP) is 16.4. The second-order valence-electron chi connectivity index (χ2n) is 18.6. The smallest absolute Gasteiger partial charge is 0.161 e. The van der Waals surface area contributed by atoms with Gasteiger partial charge in [0.25, 0.3) is 0 Å². The number of imidazole rings is 1. The Labute approximate surface area is 400 Å². The minimum absolute atomic E-state index is 0.0370. The number of nitrogens with zero attached hydrogens (tertiary/aromatic N) is 4. The van der Waals surface area contributed by atoms with Gasteiger partial charge in [-0.3, -0.25) is 9.55 Å². The summed E-state index contributed by atoms with van der Waals surface area (Å²) in [6, 6.07) is 72.8. The van der Waals surface area contributed by atoms with Crippen LogP contribution in [-0.4, -0.2) is 24.6 Å². The van der Waals surface area contributed by atoms with Gasteiger partial charge in [-0.15, -0.1) is 0 Å². The van der Waals surface area contributed by atoms with Crippen molar-refractivity contribution in [3.8, 4) is 90.0 Å². The molecule has 6 heteroatoms. The predicted molar refractivity (Wildman–Crippen MR) is 282 cm³/mol. The summed E-state index contributed by atoms with van der Waals surface area (Å²) in [6.07, 6.45) is 1.89. The molecule has 6 nitrogen and oxygen atoms in total. The number of aromatic hydroxyl groups is 1. The summed E-state index contributed by atoms with van der Waals surface area (Å²) in [4.78, 5) is 15.9. The summed E-state index contributed by atoms with van der Waals surface area (Å²) in [5.41, 5.74) is 17.4. The van der Waals surface area contributed by atoms with Gasteiger partial charge in [-0.1, -0.05) is 178 Å². The van der Waals surface area contributed by atoms with E-state index in [9.17, 15) is 5.11 Å². The van der Waals surface area contributed by atoms with E-state index in [-0.39, 0.29) is 11.2 Å². The number of furan rings is 1. The topological polar surface area (TPSA) is 77.0 Å². The minimum Gasteiger partial charge on any atom is -0.507 e. The molecule has 0 unspecified atom stereocenters. The van der Waals surface area contributed by atoms with E-state index in [1.807, 2.05) is 66.9 Å². The number of para-hydroxylation sites is 3. The number of rotatable bonds is 8. The van der Waals surface area contributed by atoms with Crippen molar-refractivity contribution in [3.63, 3.8) is 0 Å². The Bertz CT molecular complexity index is 3870. The third-order valence-electron chi connectivity index (χ3n) is 13.2. The molecule has 0 aliphatic heterocycles. The Morgan fingerprint density at radius 3 is 1.81 bits per heavy atom. The summed E-state index contributed by atoms with van der Waals surface area (Å²) in [5, 5.41) is 13.4. The van der Waals surface area contributed by atoms with Crippen LogP contribution in [0.5, 0.6) is 5.75 Å². The normalized spacial score (nSPS) is 11.8. The number of pyridine rings is 2. The zero-order chi connectivity index (χ0) is 46.6. The first-order valence-corrected chi connectivity index (χ1v) is 23.3. The third-order valence-corrected chi connectivity index (χ3v) is 13.2. The molecule has 4 aromatic heterocycles. The molecule has 0 bridgehead atoms. The fraction of sp³-hybridized carbons (Fsp3) is 0.0635. The van der Waals surface area contributed by atoms with Crippen molar-refractivity contribution in [2.24, 2.45) is 0 Å². The highest BCUT2D eigenvalue weighted by atomic mass is 16.3. The summed E-state index contributed by atoms with van der Waals surface area (Å²) in [7, 11) is 0. The van der Waals surface area contributed by atoms with Crippen molar-refractivity contribution in [1.29, 1.82) is 0 Å². The van der Waals surface area contributed by atoms with Crippen molar-refractivity contribution in [1.82, 2.24) is 19.5 Å². The summed E-state index contributed by atoms with van der Waals surface area (Å²) in [6.45, 7) is 6.71. The largest absolute Gasteiger partial charge is 0.507 e. The Morgan fingerprint density at radius 1 is 0.449 bits per heavy atom. The molecule has 0 aliphatic carbocycles. The van der Waals surface area contributed by atoms with Crippen LogP contribution in [0.4, 0.5) is 0 Å². The molecular weight excluding hydrogens is 845 g/mol. The van der Waals surface area contributed by atoms with Gasteiger partial charge in [0.1, 0.15) is 22.9 Å². The molecule has 4 heterocycles. The summed E-state index contributed by atoms with van der Waals surface area (Å²) >= 11 is 0. The maximum atomic E-state index is 11.5. The molecule has 0 fully saturated rings. The van der Waals surface area contributed by atoms with Crippen molar-refractivity contribution in [2.45, 2.75) is 26.2 Å². The number of fused-ring (bicyclic) bond motifs is 4. The van der Waals surface area contributed by atoms with E-state index >= 15 is 0 Å². The van der Waals surface area contributed by atoms with Crippen LogP contribution in [0.1, 0.15) is 26.3 Å². The number of hydrogen-bond donors (Lipinski definition) is 1. The van der Waals surface area contributed by atoms with Crippen LogP contribution >= 0.6 is 0 Å². The highest BCUT2D eigenvalue weighted by molar-refractivity contribution is 6.15. The zero-order valence-corrected chi connectivity index (χ0v) is 38.4. The molecule has 0 spiro atoms. The molecule has 8 aromatic carbocycles. The van der Waals surface area contributed by atoms with Crippen LogP contribution in [0, 0.1) is 0 Å². The lowest BCUT2D eigenvalue weighted by molar-refractivity contribution is 0.477. The van der Waals surface area contributed by atoms with Gasteiger partial charge in [-0.05, 0) is 87.8 Å².